The van der Waals surface area contributed by atoms with E-state index in [1.54, 1.807) is 175 Å². The lowest BCUT2D eigenvalue weighted by atomic mass is 9.80. The van der Waals surface area contributed by atoms with Crippen molar-refractivity contribution in [2.75, 3.05) is 44.4 Å². The number of hydroxylamine groups is 6. The Labute approximate surface area is 869 Å². The summed E-state index contributed by atoms with van der Waals surface area (Å²) in [6.45, 7) is 10.2. The number of benzene rings is 7. The molecule has 19 rings (SSSR count). The largest absolute Gasteiger partial charge is 0.490 e. The molecule has 1 saturated heterocycles. The molecule has 1 fully saturated rings. The smallest absolute Gasteiger partial charge is 0.274 e. The van der Waals surface area contributed by atoms with Crippen LogP contribution in [0.25, 0.3) is 0 Å². The highest BCUT2D eigenvalue weighted by molar-refractivity contribution is 5.98. The molecule has 7 aliphatic rings. The molecule has 0 bridgehead atoms. The van der Waals surface area contributed by atoms with Crippen LogP contribution in [0.5, 0.6) is 28.9 Å². The SMILES string of the molecule is CC(C)(C)C(=O)Nc1cc(OC2CCc3ccc(C(=O)NO)cc3C2)ccn1.CC1(C(=O)Nc2cc(OC3CCc4ccc(C(=O)NO)cc4C3)ccn2)CCNCC1.CN(C)C(=O)c1cc(OC2CCc3ccc(C(=O)NO)cc3C2)ccn1.O=C(NO)c1ccc2c(c1)CC(Oc1ccccn1)CC2.O=C(NO)c1ccc2c(c1)CC(Oc1cccnc1)CC2.O=C(NO)c1ccc2c(c1)CCC(NCCc1ccccc1)C2. The molecular formula is C114H128N16O20. The number of fused-ring (bicyclic) bond motifs is 6. The lowest BCUT2D eigenvalue weighted by Crippen LogP contribution is -2.42. The van der Waals surface area contributed by atoms with Gasteiger partial charge in [-0.2, -0.15) is 0 Å². The first-order valence-electron chi connectivity index (χ1n) is 50.2. The topological polar surface area (TPSA) is 509 Å². The van der Waals surface area contributed by atoms with Gasteiger partial charge in [0, 0.05) is 152 Å². The minimum absolute atomic E-state index is 0.0140. The van der Waals surface area contributed by atoms with Crippen LogP contribution in [-0.2, 0) is 93.1 Å². The average Bonchev–Trinajstić information content (AvgIpc) is 0.819. The molecule has 36 heteroatoms. The number of carbonyl (C=O) groups is 9. The first-order chi connectivity index (χ1) is 72.5. The van der Waals surface area contributed by atoms with E-state index in [0.29, 0.717) is 99.1 Å². The van der Waals surface area contributed by atoms with Gasteiger partial charge < -0.3 is 49.9 Å². The summed E-state index contributed by atoms with van der Waals surface area (Å²) in [5.74, 6) is 0.885. The first kappa shape index (κ1) is 110. The van der Waals surface area contributed by atoms with Crippen molar-refractivity contribution >= 4 is 64.8 Å². The van der Waals surface area contributed by atoms with E-state index in [2.05, 4.69) is 70.5 Å². The molecule has 6 aliphatic carbocycles. The molecule has 5 aromatic heterocycles. The minimum atomic E-state index is -0.531. The second-order valence-corrected chi connectivity index (χ2v) is 39.2. The predicted octanol–water partition coefficient (Wildman–Crippen LogP) is 14.2. The van der Waals surface area contributed by atoms with Crippen LogP contribution in [-0.4, -0.2) is 185 Å². The molecule has 16 N–H and O–H groups in total. The van der Waals surface area contributed by atoms with Gasteiger partial charge in [0.1, 0.15) is 70.8 Å². The summed E-state index contributed by atoms with van der Waals surface area (Å²) >= 11 is 0. The highest BCUT2D eigenvalue weighted by Gasteiger charge is 2.36. The van der Waals surface area contributed by atoms with Crippen molar-refractivity contribution in [3.05, 3.63) is 355 Å². The van der Waals surface area contributed by atoms with E-state index in [1.165, 1.54) is 49.4 Å². The van der Waals surface area contributed by atoms with Gasteiger partial charge in [-0.25, -0.2) is 47.8 Å². The Kier molecular flexibility index (Phi) is 39.0. The Hall–Kier alpha value is -15.8. The van der Waals surface area contributed by atoms with Crippen molar-refractivity contribution in [2.45, 2.75) is 199 Å². The molecule has 9 amide bonds. The molecule has 36 nitrogen and oxygen atoms in total. The van der Waals surface area contributed by atoms with E-state index >= 15 is 0 Å². The van der Waals surface area contributed by atoms with Crippen molar-refractivity contribution in [3.8, 4) is 28.9 Å². The molecule has 0 saturated carbocycles. The standard InChI is InChI=1S/C23H28N4O4.C21H25N3O4.C19H21N3O4.C19H22N2O2.2C16H16N2O3/c1-23(7-10-24-11-8-23)22(29)26-20-14-19(6-9-25-20)31-18-5-4-15-2-3-16(21(28)27-30)12-17(15)13-18;1-21(2,3)20(26)23-18-12-17(8-9-22-18)28-16-7-6-13-4-5-14(19(25)24-27)10-15(13)11-16;1-22(2)19(24)17-11-16(7-8-20-17)26-15-6-5-12-3-4-13(18(23)21-25)9-14(12)10-15;22-19(21-23)17-7-6-16-13-18(9-8-15(16)12-17)20-11-10-14-4-2-1-3-5-14;19-16(18-20)12-4-3-11-5-6-14(9-13(11)8-12)21-15-2-1-7-17-10-15;19-16(18-20)12-5-4-11-6-7-14(10-13(11)9-12)21-15-3-1-2-8-17-15/h2-3,6,9,12,14,18,24,30H,4-5,7-8,10-11,13H2,1H3,(H,27,28)(H,25,26,29);4-5,8-10,12,16,27H,6-7,11H2,1-3H3,(H,24,25)(H,22,23,26);3-4,7-9,11,15,25H,5-6,10H2,1-2H3,(H,21,23);1-7,12,18,20,23H,8-11,13H2,(H,21,22);1-4,7-8,10,14,20H,5-6,9H2,(H,18,19);1-5,8-9,14,20H,6-7,10H2,(H,18,19). The quantitative estimate of drug-likeness (QED) is 0.0197. The lowest BCUT2D eigenvalue weighted by Gasteiger charge is -2.32. The van der Waals surface area contributed by atoms with Gasteiger partial charge in [-0.3, -0.25) is 84.4 Å². The maximum absolute atomic E-state index is 12.8. The van der Waals surface area contributed by atoms with Gasteiger partial charge in [0.2, 0.25) is 17.7 Å². The van der Waals surface area contributed by atoms with Crippen LogP contribution in [0.2, 0.25) is 0 Å². The fourth-order valence-corrected chi connectivity index (χ4v) is 18.8. The summed E-state index contributed by atoms with van der Waals surface area (Å²) in [5, 5.41) is 65.3. The van der Waals surface area contributed by atoms with E-state index in [-0.39, 0.29) is 48.2 Å². The van der Waals surface area contributed by atoms with Crippen molar-refractivity contribution in [2.24, 2.45) is 10.8 Å². The number of amides is 9. The second-order valence-electron chi connectivity index (χ2n) is 39.2. The highest BCUT2D eigenvalue weighted by Crippen LogP contribution is 2.36. The zero-order chi connectivity index (χ0) is 106. The Bertz CT molecular complexity index is 6580. The number of nitrogens with one attached hydrogen (secondary N) is 10. The van der Waals surface area contributed by atoms with Gasteiger partial charge >= 0.3 is 0 Å². The van der Waals surface area contributed by atoms with Crippen LogP contribution in [0.4, 0.5) is 11.6 Å². The summed E-state index contributed by atoms with van der Waals surface area (Å²) in [6, 6.07) is 63.6. The number of carbonyl (C=O) groups excluding carboxylic acids is 9. The molecular weight excluding hydrogens is 1910 g/mol. The summed E-state index contributed by atoms with van der Waals surface area (Å²) in [4.78, 5) is 129. The van der Waals surface area contributed by atoms with E-state index in [0.717, 1.165) is 169 Å². The molecule has 6 unspecified atom stereocenters. The number of hydrogen-bond donors (Lipinski definition) is 16. The number of hydrogen-bond acceptors (Lipinski definition) is 27. The Morgan fingerprint density at radius 2 is 0.753 bits per heavy atom. The minimum Gasteiger partial charge on any atom is -0.490 e. The maximum atomic E-state index is 12.8. The molecule has 12 aromatic rings. The summed E-state index contributed by atoms with van der Waals surface area (Å²) in [5.41, 5.74) is 27.3. The molecule has 7 aromatic carbocycles. The number of aryl methyl sites for hydroxylation is 6. The number of aromatic nitrogens is 5. The number of pyridine rings is 5. The van der Waals surface area contributed by atoms with Crippen LogP contribution in [0.3, 0.4) is 0 Å². The maximum Gasteiger partial charge on any atom is 0.274 e. The van der Waals surface area contributed by atoms with Gasteiger partial charge in [-0.05, 0) is 304 Å². The first-order valence-corrected chi connectivity index (χ1v) is 50.2. The predicted molar refractivity (Wildman–Crippen MR) is 556 cm³/mol. The molecule has 0 radical (unpaired) electrons. The van der Waals surface area contributed by atoms with Crippen LogP contribution in [0.15, 0.2) is 243 Å². The van der Waals surface area contributed by atoms with E-state index in [4.69, 9.17) is 54.9 Å². The van der Waals surface area contributed by atoms with Gasteiger partial charge in [0.25, 0.3) is 41.4 Å². The lowest BCUT2D eigenvalue weighted by molar-refractivity contribution is -0.126. The molecule has 6 atom stereocenters. The zero-order valence-electron chi connectivity index (χ0n) is 84.6. The summed E-state index contributed by atoms with van der Waals surface area (Å²) in [7, 11) is 3.35. The summed E-state index contributed by atoms with van der Waals surface area (Å²) < 4.78 is 30.1. The van der Waals surface area contributed by atoms with Gasteiger partial charge in [0.15, 0.2) is 0 Å². The van der Waals surface area contributed by atoms with Gasteiger partial charge in [-0.15, -0.1) is 0 Å². The Balaban J connectivity index is 0.000000142. The van der Waals surface area contributed by atoms with Crippen LogP contribution in [0.1, 0.15) is 224 Å². The van der Waals surface area contributed by atoms with E-state index in [1.807, 2.05) is 119 Å². The fourth-order valence-electron chi connectivity index (χ4n) is 18.8. The van der Waals surface area contributed by atoms with Crippen LogP contribution in [0, 0.1) is 10.8 Å². The Morgan fingerprint density at radius 1 is 0.373 bits per heavy atom. The van der Waals surface area contributed by atoms with Crippen molar-refractivity contribution in [1.82, 2.24) is 73.3 Å². The van der Waals surface area contributed by atoms with Crippen LogP contribution < -0.4 is 77.8 Å². The van der Waals surface area contributed by atoms with E-state index in [9.17, 15) is 43.2 Å². The van der Waals surface area contributed by atoms with Crippen molar-refractivity contribution in [3.63, 3.8) is 0 Å². The highest BCUT2D eigenvalue weighted by atomic mass is 16.5. The van der Waals surface area contributed by atoms with Crippen molar-refractivity contribution in [1.29, 1.82) is 0 Å². The fraction of sp³-hybridized carbons (Fsp3) is 0.333. The summed E-state index contributed by atoms with van der Waals surface area (Å²) in [6.07, 6.45) is 27.8. The normalized spacial score (nSPS) is 17.1. The number of nitrogens with zero attached hydrogens (tertiary/aromatic N) is 6. The second kappa shape index (κ2) is 53.2. The molecule has 784 valence electrons. The molecule has 150 heavy (non-hydrogen) atoms. The number of piperidine rings is 1. The van der Waals surface area contributed by atoms with Gasteiger partial charge in [-0.1, -0.05) is 100 Å². The van der Waals surface area contributed by atoms with Gasteiger partial charge in [0.05, 0.1) is 6.20 Å². The molecule has 6 heterocycles. The van der Waals surface area contributed by atoms with Crippen molar-refractivity contribution < 1.29 is 98.1 Å². The zero-order valence-corrected chi connectivity index (χ0v) is 84.6. The average molecular weight is 2040 g/mol. The monoisotopic (exact) mass is 2040 g/mol. The third-order valence-electron chi connectivity index (χ3n) is 27.3. The third kappa shape index (κ3) is 31.2. The van der Waals surface area contributed by atoms with Crippen LogP contribution >= 0.6 is 0 Å². The number of ether oxygens (including phenoxy) is 5. The number of anilines is 2. The molecule has 0 spiro atoms. The molecule has 1 aliphatic heterocycles. The van der Waals surface area contributed by atoms with E-state index < -0.39 is 46.3 Å². The third-order valence-corrected chi connectivity index (χ3v) is 27.3. The number of rotatable bonds is 24. The Morgan fingerprint density at radius 3 is 1.15 bits per heavy atom.